The van der Waals surface area contributed by atoms with Gasteiger partial charge in [-0.3, -0.25) is 19.2 Å². The second-order valence-electron chi connectivity index (χ2n) is 8.68. The Hall–Kier alpha value is -2.16. The van der Waals surface area contributed by atoms with Crippen molar-refractivity contribution >= 4 is 23.7 Å². The molecule has 9 heteroatoms. The standard InChI is InChI=1S/C21H37N3O6/c1-12(2)10-17(22-14(5)25)19(27)24-18(11-13(3)4)20(28)23-16-8-7-9-29-21(16)30-15(6)26/h12-13,16-18,21H,7-11H2,1-6H3,(H,22,25)(H,23,28)(H,24,27)/t16-,17-,18-,21?/m0/s1. The zero-order valence-electron chi connectivity index (χ0n) is 18.9. The minimum Gasteiger partial charge on any atom is -0.434 e. The van der Waals surface area contributed by atoms with Crippen molar-refractivity contribution in [2.45, 2.75) is 91.6 Å². The number of rotatable bonds is 10. The zero-order chi connectivity index (χ0) is 22.8. The van der Waals surface area contributed by atoms with Crippen LogP contribution in [0.3, 0.4) is 0 Å². The lowest BCUT2D eigenvalue weighted by atomic mass is 9.99. The number of carbonyl (C=O) groups is 4. The molecule has 1 aliphatic heterocycles. The molecule has 172 valence electrons. The van der Waals surface area contributed by atoms with Crippen molar-refractivity contribution in [3.05, 3.63) is 0 Å². The highest BCUT2D eigenvalue weighted by atomic mass is 16.7. The van der Waals surface area contributed by atoms with Gasteiger partial charge in [-0.2, -0.15) is 0 Å². The molecule has 0 aromatic heterocycles. The summed E-state index contributed by atoms with van der Waals surface area (Å²) in [6.45, 7) is 10.9. The third kappa shape index (κ3) is 9.56. The minimum absolute atomic E-state index is 0.150. The van der Waals surface area contributed by atoms with Gasteiger partial charge < -0.3 is 25.4 Å². The Labute approximate surface area is 179 Å². The van der Waals surface area contributed by atoms with Crippen LogP contribution in [0.4, 0.5) is 0 Å². The Morgan fingerprint density at radius 2 is 1.50 bits per heavy atom. The first-order chi connectivity index (χ1) is 14.0. The molecule has 0 aliphatic carbocycles. The van der Waals surface area contributed by atoms with Gasteiger partial charge in [-0.15, -0.1) is 0 Å². The third-order valence-electron chi connectivity index (χ3n) is 4.62. The Morgan fingerprint density at radius 1 is 0.933 bits per heavy atom. The van der Waals surface area contributed by atoms with E-state index in [0.29, 0.717) is 25.9 Å². The van der Waals surface area contributed by atoms with Crippen LogP contribution in [0.5, 0.6) is 0 Å². The van der Waals surface area contributed by atoms with Crippen molar-refractivity contribution in [3.63, 3.8) is 0 Å². The van der Waals surface area contributed by atoms with Gasteiger partial charge in [0.05, 0.1) is 12.6 Å². The normalized spacial score (nSPS) is 20.9. The Balaban J connectivity index is 2.87. The number of hydrogen-bond donors (Lipinski definition) is 3. The van der Waals surface area contributed by atoms with Crippen LogP contribution in [0.15, 0.2) is 0 Å². The maximum atomic E-state index is 13.0. The van der Waals surface area contributed by atoms with Crippen LogP contribution >= 0.6 is 0 Å². The summed E-state index contributed by atoms with van der Waals surface area (Å²) in [6.07, 6.45) is 1.38. The number of hydrogen-bond acceptors (Lipinski definition) is 6. The van der Waals surface area contributed by atoms with Crippen molar-refractivity contribution in [2.24, 2.45) is 11.8 Å². The molecule has 3 N–H and O–H groups in total. The second-order valence-corrected chi connectivity index (χ2v) is 8.68. The Bertz CT molecular complexity index is 608. The van der Waals surface area contributed by atoms with E-state index in [4.69, 9.17) is 9.47 Å². The molecule has 3 amide bonds. The van der Waals surface area contributed by atoms with Crippen LogP contribution in [0, 0.1) is 11.8 Å². The van der Waals surface area contributed by atoms with Crippen LogP contribution in [0.2, 0.25) is 0 Å². The number of ether oxygens (including phenoxy) is 2. The Morgan fingerprint density at radius 3 is 2.00 bits per heavy atom. The molecule has 0 aromatic rings. The molecule has 0 bridgehead atoms. The van der Waals surface area contributed by atoms with E-state index in [2.05, 4.69) is 16.0 Å². The molecule has 0 spiro atoms. The molecule has 1 heterocycles. The molecule has 1 rings (SSSR count). The molecule has 30 heavy (non-hydrogen) atoms. The van der Waals surface area contributed by atoms with Gasteiger partial charge in [-0.05, 0) is 37.5 Å². The summed E-state index contributed by atoms with van der Waals surface area (Å²) in [4.78, 5) is 48.6. The summed E-state index contributed by atoms with van der Waals surface area (Å²) >= 11 is 0. The molecule has 1 fully saturated rings. The quantitative estimate of drug-likeness (QED) is 0.451. The van der Waals surface area contributed by atoms with Gasteiger partial charge in [0.15, 0.2) is 0 Å². The van der Waals surface area contributed by atoms with Crippen LogP contribution in [-0.4, -0.2) is 54.7 Å². The molecule has 9 nitrogen and oxygen atoms in total. The lowest BCUT2D eigenvalue weighted by Crippen LogP contribution is -2.57. The van der Waals surface area contributed by atoms with Gasteiger partial charge in [-0.1, -0.05) is 27.7 Å². The van der Waals surface area contributed by atoms with E-state index < -0.39 is 36.3 Å². The van der Waals surface area contributed by atoms with Crippen molar-refractivity contribution in [2.75, 3.05) is 6.61 Å². The van der Waals surface area contributed by atoms with E-state index in [1.807, 2.05) is 27.7 Å². The van der Waals surface area contributed by atoms with E-state index in [1.165, 1.54) is 13.8 Å². The predicted octanol–water partition coefficient (Wildman–Crippen LogP) is 1.25. The van der Waals surface area contributed by atoms with E-state index in [9.17, 15) is 19.2 Å². The first kappa shape index (κ1) is 25.9. The first-order valence-corrected chi connectivity index (χ1v) is 10.7. The summed E-state index contributed by atoms with van der Waals surface area (Å²) in [5.74, 6) is -1.21. The highest BCUT2D eigenvalue weighted by Crippen LogP contribution is 2.16. The SMILES string of the molecule is CC(=O)N[C@@H](CC(C)C)C(=O)N[C@@H](CC(C)C)C(=O)N[C@H]1CCCOC1OC(C)=O. The maximum absolute atomic E-state index is 13.0. The number of nitrogens with one attached hydrogen (secondary N) is 3. The Kier molecular flexibility index (Phi) is 10.8. The largest absolute Gasteiger partial charge is 0.434 e. The average molecular weight is 428 g/mol. The molecule has 0 radical (unpaired) electrons. The van der Waals surface area contributed by atoms with Gasteiger partial charge in [-0.25, -0.2) is 0 Å². The van der Waals surface area contributed by atoms with E-state index >= 15 is 0 Å². The smallest absolute Gasteiger partial charge is 0.305 e. The van der Waals surface area contributed by atoms with Crippen LogP contribution in [0.1, 0.15) is 67.2 Å². The molecule has 4 atom stereocenters. The van der Waals surface area contributed by atoms with Crippen LogP contribution in [0.25, 0.3) is 0 Å². The molecule has 0 saturated carbocycles. The van der Waals surface area contributed by atoms with Gasteiger partial charge in [0.2, 0.25) is 24.0 Å². The van der Waals surface area contributed by atoms with Gasteiger partial charge >= 0.3 is 5.97 Å². The first-order valence-electron chi connectivity index (χ1n) is 10.7. The fourth-order valence-electron chi connectivity index (χ4n) is 3.38. The monoisotopic (exact) mass is 427 g/mol. The predicted molar refractivity (Wildman–Crippen MR) is 111 cm³/mol. The summed E-state index contributed by atoms with van der Waals surface area (Å²) in [6, 6.07) is -1.97. The summed E-state index contributed by atoms with van der Waals surface area (Å²) in [5, 5.41) is 8.31. The van der Waals surface area contributed by atoms with Crippen molar-refractivity contribution < 1.29 is 28.7 Å². The minimum atomic E-state index is -0.844. The van der Waals surface area contributed by atoms with Crippen molar-refractivity contribution in [3.8, 4) is 0 Å². The topological polar surface area (TPSA) is 123 Å². The number of esters is 1. The fourth-order valence-corrected chi connectivity index (χ4v) is 3.38. The van der Waals surface area contributed by atoms with Gasteiger partial charge in [0.1, 0.15) is 12.1 Å². The van der Waals surface area contributed by atoms with Crippen molar-refractivity contribution in [1.29, 1.82) is 0 Å². The summed E-state index contributed by atoms with van der Waals surface area (Å²) in [7, 11) is 0. The van der Waals surface area contributed by atoms with Gasteiger partial charge in [0.25, 0.3) is 0 Å². The molecule has 0 aromatic carbocycles. The molecule has 1 saturated heterocycles. The lowest BCUT2D eigenvalue weighted by molar-refractivity contribution is -0.193. The lowest BCUT2D eigenvalue weighted by Gasteiger charge is -2.33. The third-order valence-corrected chi connectivity index (χ3v) is 4.62. The highest BCUT2D eigenvalue weighted by molar-refractivity contribution is 5.91. The van der Waals surface area contributed by atoms with Crippen LogP contribution in [-0.2, 0) is 28.7 Å². The highest BCUT2D eigenvalue weighted by Gasteiger charge is 2.33. The van der Waals surface area contributed by atoms with Crippen LogP contribution < -0.4 is 16.0 Å². The molecular formula is C21H37N3O6. The van der Waals surface area contributed by atoms with Gasteiger partial charge in [0, 0.05) is 13.8 Å². The van der Waals surface area contributed by atoms with E-state index in [-0.39, 0.29) is 23.7 Å². The zero-order valence-corrected chi connectivity index (χ0v) is 18.9. The maximum Gasteiger partial charge on any atom is 0.305 e. The van der Waals surface area contributed by atoms with Crippen molar-refractivity contribution in [1.82, 2.24) is 16.0 Å². The average Bonchev–Trinajstić information content (AvgIpc) is 2.60. The van der Waals surface area contributed by atoms with E-state index in [0.717, 1.165) is 6.42 Å². The second kappa shape index (κ2) is 12.5. The summed E-state index contributed by atoms with van der Waals surface area (Å²) < 4.78 is 10.6. The molecular weight excluding hydrogens is 390 g/mol. The number of carbonyl (C=O) groups excluding carboxylic acids is 4. The molecule has 1 aliphatic rings. The summed E-state index contributed by atoms with van der Waals surface area (Å²) in [5.41, 5.74) is 0. The molecule has 1 unspecified atom stereocenters. The van der Waals surface area contributed by atoms with E-state index in [1.54, 1.807) is 0 Å². The fraction of sp³-hybridized carbons (Fsp3) is 0.810. The number of amides is 3.